The van der Waals surface area contributed by atoms with Crippen molar-refractivity contribution in [3.63, 3.8) is 0 Å². The Morgan fingerprint density at radius 3 is 2.53 bits per heavy atom. The molecule has 3 heteroatoms. The number of hydrogen-bond donors (Lipinski definition) is 1. The Morgan fingerprint density at radius 1 is 1.00 bits per heavy atom. The Bertz CT molecular complexity index is 1070. The highest BCUT2D eigenvalue weighted by atomic mass is 16.4. The molecule has 3 nitrogen and oxygen atoms in total. The van der Waals surface area contributed by atoms with E-state index in [1.807, 2.05) is 6.07 Å². The largest absolute Gasteiger partial charge is 0.481 e. The normalized spacial score (nSPS) is 13.8. The first kappa shape index (κ1) is 20.5. The summed E-state index contributed by atoms with van der Waals surface area (Å²) >= 11 is 0. The topological polar surface area (TPSA) is 42.2 Å². The zero-order valence-corrected chi connectivity index (χ0v) is 18.2. The fourth-order valence-electron chi connectivity index (χ4n) is 4.45. The van der Waals surface area contributed by atoms with Crippen LogP contribution < -0.4 is 0 Å². The van der Waals surface area contributed by atoms with E-state index in [9.17, 15) is 4.79 Å². The summed E-state index contributed by atoms with van der Waals surface area (Å²) in [6, 6.07) is 19.7. The number of fused-ring (bicyclic) bond motifs is 1. The zero-order chi connectivity index (χ0) is 21.3. The first-order valence-corrected chi connectivity index (χ1v) is 11.0. The van der Waals surface area contributed by atoms with Gasteiger partial charge in [-0.25, -0.2) is 0 Å². The van der Waals surface area contributed by atoms with Crippen LogP contribution in [0.15, 0.2) is 54.6 Å². The van der Waals surface area contributed by atoms with Crippen molar-refractivity contribution >= 4 is 5.97 Å². The molecule has 2 aromatic carbocycles. The Balaban J connectivity index is 1.84. The standard InChI is InChI=1S/C27H31NO2/c1-27(2,3)22-11-7-10-20(17-22)25-18-21-9-4-5-13-24(21)28(25)23-12-6-8-19(16-23)14-15-26(29)30/h6-8,10-12,16-18H,4-5,9,13-15H2,1-3H3,(H,29,30). The molecule has 0 unspecified atom stereocenters. The number of aryl methyl sites for hydroxylation is 2. The van der Waals surface area contributed by atoms with Crippen molar-refractivity contribution in [2.75, 3.05) is 0 Å². The molecule has 0 saturated carbocycles. The van der Waals surface area contributed by atoms with E-state index in [0.29, 0.717) is 6.42 Å². The fourth-order valence-corrected chi connectivity index (χ4v) is 4.45. The highest BCUT2D eigenvalue weighted by molar-refractivity contribution is 5.68. The Labute approximate surface area is 179 Å². The number of aliphatic carboxylic acids is 1. The van der Waals surface area contributed by atoms with Crippen molar-refractivity contribution in [3.8, 4) is 16.9 Å². The quantitative estimate of drug-likeness (QED) is 0.542. The molecular weight excluding hydrogens is 370 g/mol. The molecule has 1 aliphatic rings. The Kier molecular flexibility index (Phi) is 5.55. The van der Waals surface area contributed by atoms with Gasteiger partial charge in [-0.05, 0) is 84.0 Å². The van der Waals surface area contributed by atoms with Crippen LogP contribution in [-0.2, 0) is 29.5 Å². The van der Waals surface area contributed by atoms with Gasteiger partial charge in [0.15, 0.2) is 0 Å². The molecule has 0 radical (unpaired) electrons. The van der Waals surface area contributed by atoms with Crippen LogP contribution in [0.2, 0.25) is 0 Å². The van der Waals surface area contributed by atoms with Crippen LogP contribution in [0, 0.1) is 0 Å². The maximum absolute atomic E-state index is 11.0. The van der Waals surface area contributed by atoms with Crippen molar-refractivity contribution in [1.82, 2.24) is 4.57 Å². The van der Waals surface area contributed by atoms with E-state index in [1.165, 1.54) is 40.9 Å². The lowest BCUT2D eigenvalue weighted by molar-refractivity contribution is -0.136. The van der Waals surface area contributed by atoms with Crippen LogP contribution in [0.5, 0.6) is 0 Å². The fraction of sp³-hybridized carbons (Fsp3) is 0.370. The van der Waals surface area contributed by atoms with E-state index in [1.54, 1.807) is 0 Å². The van der Waals surface area contributed by atoms with Crippen molar-refractivity contribution in [2.24, 2.45) is 0 Å². The van der Waals surface area contributed by atoms with Crippen LogP contribution in [0.4, 0.5) is 0 Å². The second-order valence-electron chi connectivity index (χ2n) is 9.44. The molecule has 0 atom stereocenters. The molecule has 0 spiro atoms. The van der Waals surface area contributed by atoms with Gasteiger partial charge in [-0.1, -0.05) is 51.1 Å². The van der Waals surface area contributed by atoms with Gasteiger partial charge in [-0.3, -0.25) is 4.79 Å². The number of carboxylic acid groups (broad SMARTS) is 1. The Morgan fingerprint density at radius 2 is 1.77 bits per heavy atom. The first-order chi connectivity index (χ1) is 14.3. The molecule has 0 amide bonds. The molecule has 30 heavy (non-hydrogen) atoms. The summed E-state index contributed by atoms with van der Waals surface area (Å²) in [4.78, 5) is 11.0. The molecule has 4 rings (SSSR count). The van der Waals surface area contributed by atoms with E-state index in [0.717, 1.165) is 24.1 Å². The van der Waals surface area contributed by atoms with Gasteiger partial charge in [0, 0.05) is 17.8 Å². The minimum absolute atomic E-state index is 0.101. The third-order valence-corrected chi connectivity index (χ3v) is 6.12. The van der Waals surface area contributed by atoms with Gasteiger partial charge in [-0.15, -0.1) is 0 Å². The number of hydrogen-bond acceptors (Lipinski definition) is 1. The predicted octanol–water partition coefficient (Wildman–Crippen LogP) is 6.34. The lowest BCUT2D eigenvalue weighted by Crippen LogP contribution is -2.11. The summed E-state index contributed by atoms with van der Waals surface area (Å²) in [7, 11) is 0. The number of carbonyl (C=O) groups is 1. The molecule has 1 N–H and O–H groups in total. The molecule has 0 saturated heterocycles. The maximum Gasteiger partial charge on any atom is 0.303 e. The molecule has 1 aliphatic carbocycles. The highest BCUT2D eigenvalue weighted by Crippen LogP contribution is 2.35. The molecule has 1 heterocycles. The first-order valence-electron chi connectivity index (χ1n) is 11.0. The van der Waals surface area contributed by atoms with E-state index < -0.39 is 5.97 Å². The highest BCUT2D eigenvalue weighted by Gasteiger charge is 2.21. The van der Waals surface area contributed by atoms with Crippen molar-refractivity contribution in [2.45, 2.75) is 64.7 Å². The van der Waals surface area contributed by atoms with Gasteiger partial charge in [0.05, 0.1) is 5.69 Å². The average molecular weight is 402 g/mol. The van der Waals surface area contributed by atoms with Crippen molar-refractivity contribution < 1.29 is 9.90 Å². The van der Waals surface area contributed by atoms with Gasteiger partial charge in [0.1, 0.15) is 0 Å². The molecule has 0 bridgehead atoms. The molecular formula is C27H31NO2. The minimum atomic E-state index is -0.751. The number of nitrogens with zero attached hydrogens (tertiary/aromatic N) is 1. The van der Waals surface area contributed by atoms with Crippen LogP contribution in [0.3, 0.4) is 0 Å². The van der Waals surface area contributed by atoms with Gasteiger partial charge >= 0.3 is 5.97 Å². The number of aromatic nitrogens is 1. The molecule has 3 aromatic rings. The van der Waals surface area contributed by atoms with Crippen LogP contribution in [0.1, 0.15) is 62.4 Å². The van der Waals surface area contributed by atoms with Crippen LogP contribution >= 0.6 is 0 Å². The summed E-state index contributed by atoms with van der Waals surface area (Å²) in [5.41, 5.74) is 8.99. The second kappa shape index (κ2) is 8.14. The van der Waals surface area contributed by atoms with E-state index in [2.05, 4.69) is 73.9 Å². The predicted molar refractivity (Wildman–Crippen MR) is 123 cm³/mol. The number of carboxylic acids is 1. The van der Waals surface area contributed by atoms with Crippen molar-refractivity contribution in [1.29, 1.82) is 0 Å². The maximum atomic E-state index is 11.0. The number of rotatable bonds is 5. The number of benzene rings is 2. The summed E-state index contributed by atoms with van der Waals surface area (Å²) in [6.45, 7) is 6.76. The Hall–Kier alpha value is -2.81. The van der Waals surface area contributed by atoms with Crippen LogP contribution in [0.25, 0.3) is 16.9 Å². The second-order valence-corrected chi connectivity index (χ2v) is 9.44. The van der Waals surface area contributed by atoms with Crippen LogP contribution in [-0.4, -0.2) is 15.6 Å². The summed E-state index contributed by atoms with van der Waals surface area (Å²) in [6.07, 6.45) is 5.41. The minimum Gasteiger partial charge on any atom is -0.481 e. The third-order valence-electron chi connectivity index (χ3n) is 6.12. The summed E-state index contributed by atoms with van der Waals surface area (Å²) in [5, 5.41) is 9.07. The molecule has 1 aromatic heterocycles. The molecule has 156 valence electrons. The SMILES string of the molecule is CC(C)(C)c1cccc(-c2cc3c(n2-c2cccc(CCC(=O)O)c2)CCCC3)c1. The summed E-state index contributed by atoms with van der Waals surface area (Å²) in [5.74, 6) is -0.751. The summed E-state index contributed by atoms with van der Waals surface area (Å²) < 4.78 is 2.42. The average Bonchev–Trinajstić information content (AvgIpc) is 3.11. The third kappa shape index (κ3) is 4.21. The van der Waals surface area contributed by atoms with E-state index in [-0.39, 0.29) is 11.8 Å². The van der Waals surface area contributed by atoms with Gasteiger partial charge in [-0.2, -0.15) is 0 Å². The smallest absolute Gasteiger partial charge is 0.303 e. The van der Waals surface area contributed by atoms with Gasteiger partial charge < -0.3 is 9.67 Å². The van der Waals surface area contributed by atoms with E-state index >= 15 is 0 Å². The van der Waals surface area contributed by atoms with Gasteiger partial charge in [0.2, 0.25) is 0 Å². The molecule has 0 fully saturated rings. The van der Waals surface area contributed by atoms with E-state index in [4.69, 9.17) is 5.11 Å². The molecule has 0 aliphatic heterocycles. The lowest BCUT2D eigenvalue weighted by atomic mass is 9.86. The van der Waals surface area contributed by atoms with Gasteiger partial charge in [0.25, 0.3) is 0 Å². The van der Waals surface area contributed by atoms with Crippen molar-refractivity contribution in [3.05, 3.63) is 77.0 Å². The zero-order valence-electron chi connectivity index (χ0n) is 18.2. The lowest BCUT2D eigenvalue weighted by Gasteiger charge is -2.21. The monoisotopic (exact) mass is 401 g/mol.